The maximum atomic E-state index is 12.3. The molecular formula is C109H154Br2Cl8FN3O18S. The molecule has 33 heteroatoms. The highest BCUT2D eigenvalue weighted by Gasteiger charge is 2.30. The summed E-state index contributed by atoms with van der Waals surface area (Å²) in [7, 11) is -3.53. The second-order valence-electron chi connectivity index (χ2n) is 42.4. The topological polar surface area (TPSA) is 296 Å². The zero-order valence-corrected chi connectivity index (χ0v) is 97.7. The zero-order valence-electron chi connectivity index (χ0n) is 87.6. The van der Waals surface area contributed by atoms with E-state index in [0.717, 1.165) is 71.2 Å². The first-order chi connectivity index (χ1) is 65.2. The predicted octanol–water partition coefficient (Wildman–Crippen LogP) is 29.2. The predicted molar refractivity (Wildman–Crippen MR) is 589 cm³/mol. The van der Waals surface area contributed by atoms with Gasteiger partial charge in [0.25, 0.3) is 10.1 Å². The molecule has 2 heterocycles. The Hall–Kier alpha value is -5.54. The normalized spacial score (nSPS) is 15.3. The van der Waals surface area contributed by atoms with E-state index in [1.54, 1.807) is 112 Å². The molecule has 0 aliphatic carbocycles. The highest BCUT2D eigenvalue weighted by atomic mass is 79.9. The molecule has 2 aliphatic rings. The summed E-state index contributed by atoms with van der Waals surface area (Å²) in [6.45, 7) is 58.0. The molecule has 8 aromatic carbocycles. The van der Waals surface area contributed by atoms with Gasteiger partial charge < -0.3 is 79.3 Å². The van der Waals surface area contributed by atoms with Gasteiger partial charge in [0.15, 0.2) is 11.6 Å². The monoisotopic (exact) mass is 2280 g/mol. The van der Waals surface area contributed by atoms with E-state index in [0.29, 0.717) is 98.5 Å². The molecule has 2 fully saturated rings. The molecule has 0 spiro atoms. The van der Waals surface area contributed by atoms with Crippen LogP contribution in [0.2, 0.25) is 40.2 Å². The van der Waals surface area contributed by atoms with E-state index in [1.807, 2.05) is 202 Å². The van der Waals surface area contributed by atoms with Gasteiger partial charge in [-0.3, -0.25) is 13.8 Å². The first-order valence-electron chi connectivity index (χ1n) is 47.5. The summed E-state index contributed by atoms with van der Waals surface area (Å²) >= 11 is 55.0. The van der Waals surface area contributed by atoms with Crippen molar-refractivity contribution in [2.75, 3.05) is 65.3 Å². The highest BCUT2D eigenvalue weighted by Crippen LogP contribution is 2.40. The number of hydrogen-bond donors (Lipinski definition) is 7. The molecule has 0 bridgehead atoms. The molecule has 2 saturated heterocycles. The van der Waals surface area contributed by atoms with E-state index in [1.165, 1.54) is 37.8 Å². The lowest BCUT2D eigenvalue weighted by molar-refractivity contribution is 0.0768. The Morgan fingerprint density at radius 2 is 0.634 bits per heavy atom. The van der Waals surface area contributed by atoms with Crippen LogP contribution in [0.5, 0.6) is 40.2 Å². The van der Waals surface area contributed by atoms with Crippen LogP contribution >= 0.6 is 125 Å². The van der Waals surface area contributed by atoms with Crippen molar-refractivity contribution in [3.05, 3.63) is 234 Å². The molecule has 142 heavy (non-hydrogen) atoms. The van der Waals surface area contributed by atoms with Gasteiger partial charge in [0.05, 0.1) is 84.1 Å². The van der Waals surface area contributed by atoms with Crippen molar-refractivity contribution < 1.29 is 90.4 Å². The summed E-state index contributed by atoms with van der Waals surface area (Å²) in [5, 5.41) is 62.8. The average molecular weight is 2290 g/mol. The molecule has 2 aliphatic heterocycles. The summed E-state index contributed by atoms with van der Waals surface area (Å²) in [6, 6.07) is 41.1. The molecule has 0 saturated carbocycles. The van der Waals surface area contributed by atoms with Crippen molar-refractivity contribution in [1.82, 2.24) is 9.80 Å². The third-order valence-electron chi connectivity index (χ3n) is 20.4. The molecule has 8 N–H and O–H groups in total. The molecular weight excluding hydrogens is 2130 g/mol. The van der Waals surface area contributed by atoms with Crippen LogP contribution in [-0.2, 0) is 14.3 Å². The van der Waals surface area contributed by atoms with E-state index in [-0.39, 0.29) is 105 Å². The molecule has 0 unspecified atom stereocenters. The number of aliphatic hydroxyl groups is 6. The van der Waals surface area contributed by atoms with Gasteiger partial charge in [-0.1, -0.05) is 190 Å². The highest BCUT2D eigenvalue weighted by molar-refractivity contribution is 9.10. The van der Waals surface area contributed by atoms with Gasteiger partial charge in [-0.2, -0.15) is 8.42 Å². The average Bonchev–Trinajstić information content (AvgIpc) is 1.74. The molecule has 21 nitrogen and oxygen atoms in total. The van der Waals surface area contributed by atoms with Gasteiger partial charge >= 0.3 is 0 Å². The minimum atomic E-state index is -3.53. The Bertz CT molecular complexity index is 5160. The van der Waals surface area contributed by atoms with Crippen LogP contribution in [0.4, 0.5) is 4.39 Å². The first kappa shape index (κ1) is 131. The number of nitrogens with two attached hydrogens (primary N) is 1. The minimum absolute atomic E-state index is 0.0236. The fourth-order valence-corrected chi connectivity index (χ4v) is 16.5. The standard InChI is InChI=1S/C18H28ClNO2.C17H27ClN2O2.C15H23ClO5S.C15H21ClO2.C14H21ClO3.C14H19ClO3.C10H12BrClO.C6H3BrClF/c1-13(12-20-9-5-6-10-20)17(21)14-7-8-16(15(19)11-14)22-18(2,3)4;1-17(2,3)22-15-7-6-12(10-13(15)18)16(21)14(19)11-20-8-4-5-9-20;1-10(9-20-22(5,18)19)14(17)11-6-7-13(12(16)8-11)21-15(2,3)4;1-6-10(2)14(17)11-7-8-13(12(16)9-11)18-15(3,4)5;2*1-9(8-16)13(17)10-5-6-12(11(15)7-10)18-14(2,3)4;1-10(2,3)13-9-5-4-7(11)6-8(9)12;7-4-1-2-6(9)5(8)3-4/h7-8,11,13,17,21H,5-6,9-10,12H2,1-4H3;6-7,10,14,16,21H,4-5,8-9,11,19H2,1-3H3;6-8,10,14,17H,9H2,1-5H3;7-10H,6H2,1-5H3;5-7,9,13,16-17H,8H2,1-4H3;5-7,9,16H,8H2,1-4H3;4-6H,1-3H3;1-3H/t13-,17+;14-,16-;10-,14+;10-;9-,13+;9-;;/m111111../s1. The van der Waals surface area contributed by atoms with Crippen LogP contribution < -0.4 is 38.9 Å². The van der Waals surface area contributed by atoms with Crippen LogP contribution in [-0.4, -0.2) is 171 Å². The number of halogens is 11. The van der Waals surface area contributed by atoms with Crippen molar-refractivity contribution in [3.8, 4) is 40.2 Å². The Morgan fingerprint density at radius 3 is 0.901 bits per heavy atom. The summed E-state index contributed by atoms with van der Waals surface area (Å²) in [5.41, 5.74) is 8.01. The van der Waals surface area contributed by atoms with Crippen molar-refractivity contribution >= 4 is 146 Å². The molecule has 796 valence electrons. The Kier molecular flexibility index (Phi) is 55.0. The number of carbonyl (C=O) groups excluding carboxylic acids is 2. The van der Waals surface area contributed by atoms with E-state index in [2.05, 4.69) is 48.6 Å². The zero-order chi connectivity index (χ0) is 108. The number of hydrogen-bond acceptors (Lipinski definition) is 21. The Balaban J connectivity index is 0.000000421. The van der Waals surface area contributed by atoms with Crippen molar-refractivity contribution in [1.29, 1.82) is 0 Å². The summed E-state index contributed by atoms with van der Waals surface area (Å²) in [6.07, 6.45) is 3.95. The second kappa shape index (κ2) is 59.7. The molecule has 0 amide bonds. The number of ether oxygens (including phenoxy) is 7. The number of likely N-dealkylation sites (tertiary alicyclic amines) is 2. The summed E-state index contributed by atoms with van der Waals surface area (Å²) in [5.74, 6) is 3.07. The number of carbonyl (C=O) groups is 2. The lowest BCUT2D eigenvalue weighted by Gasteiger charge is -2.26. The number of rotatable bonds is 29. The van der Waals surface area contributed by atoms with E-state index in [9.17, 15) is 42.8 Å². The quantitative estimate of drug-likeness (QED) is 0.0130. The van der Waals surface area contributed by atoms with Crippen LogP contribution in [0.25, 0.3) is 0 Å². The van der Waals surface area contributed by atoms with Gasteiger partial charge in [-0.05, 0) is 353 Å². The van der Waals surface area contributed by atoms with Crippen LogP contribution in [0.3, 0.4) is 0 Å². The largest absolute Gasteiger partial charge is 0.487 e. The van der Waals surface area contributed by atoms with Crippen molar-refractivity contribution in [2.45, 2.75) is 289 Å². The number of ketones is 2. The maximum Gasteiger partial charge on any atom is 0.264 e. The molecule has 10 atom stereocenters. The fraction of sp³-hybridized carbons (Fsp3) is 0.541. The third kappa shape index (κ3) is 51.6. The lowest BCUT2D eigenvalue weighted by atomic mass is 9.97. The number of aliphatic hydroxyl groups excluding tert-OH is 6. The van der Waals surface area contributed by atoms with Crippen LogP contribution in [0.15, 0.2) is 155 Å². The second-order valence-corrected chi connectivity index (χ2v) is 49.1. The SMILES string of the molecule is CC(C)(C)Oc1ccc(Br)cc1Cl.CC(C)(C)Oc1ccc([C@@H](O)[C@H](N)CN2CCCC2)cc1Cl.CC[C@@H](C)C(=O)c1ccc(OC(C)(C)C)c(Cl)c1.C[C@H](CN1CCCC1)[C@H](O)c1ccc(OC(C)(C)C)c(Cl)c1.C[C@H](CO)C(=O)c1ccc(OC(C)(C)C)c(Cl)c1.C[C@H](CO)[C@H](O)c1ccc(OC(C)(C)C)c(Cl)c1.C[C@H](COS(C)(=O)=O)[C@H](O)c1ccc(OC(C)(C)C)c(Cl)c1.Fc1ccc(Br)cc1Cl. The van der Waals surface area contributed by atoms with Gasteiger partial charge in [0.2, 0.25) is 0 Å². The minimum Gasteiger partial charge on any atom is -0.487 e. The van der Waals surface area contributed by atoms with Crippen molar-refractivity contribution in [2.24, 2.45) is 35.3 Å². The van der Waals surface area contributed by atoms with Gasteiger partial charge in [0, 0.05) is 69.5 Å². The molecule has 0 aromatic heterocycles. The van der Waals surface area contributed by atoms with Gasteiger partial charge in [-0.25, -0.2) is 4.39 Å². The van der Waals surface area contributed by atoms with Gasteiger partial charge in [-0.15, -0.1) is 0 Å². The van der Waals surface area contributed by atoms with E-state index in [4.69, 9.17) is 146 Å². The number of nitrogens with zero attached hydrogens (tertiary/aromatic N) is 2. The third-order valence-corrected chi connectivity index (χ3v) is 24.3. The summed E-state index contributed by atoms with van der Waals surface area (Å²) in [4.78, 5) is 28.6. The van der Waals surface area contributed by atoms with Crippen LogP contribution in [0, 0.1) is 35.4 Å². The van der Waals surface area contributed by atoms with E-state index >= 15 is 0 Å². The number of Topliss-reactive ketones (excluding diaryl/α,β-unsaturated/α-hetero) is 2. The smallest absolute Gasteiger partial charge is 0.264 e. The molecule has 0 radical (unpaired) electrons. The first-order valence-corrected chi connectivity index (χ1v) is 53.9. The Labute approximate surface area is 902 Å². The number of benzene rings is 8. The van der Waals surface area contributed by atoms with Crippen molar-refractivity contribution in [3.63, 3.8) is 0 Å². The maximum absolute atomic E-state index is 12.3. The van der Waals surface area contributed by atoms with Crippen LogP contribution in [0.1, 0.15) is 286 Å². The summed E-state index contributed by atoms with van der Waals surface area (Å²) < 4.78 is 80.8. The van der Waals surface area contributed by atoms with E-state index < -0.39 is 46.4 Å². The lowest BCUT2D eigenvalue weighted by Crippen LogP contribution is -2.40. The molecule has 10 rings (SSSR count). The molecule has 8 aromatic rings. The van der Waals surface area contributed by atoms with Gasteiger partial charge in [0.1, 0.15) is 85.3 Å². The Morgan fingerprint density at radius 1 is 0.373 bits per heavy atom. The fourth-order valence-electron chi connectivity index (χ4n) is 13.3.